The van der Waals surface area contributed by atoms with E-state index >= 15 is 0 Å². The van der Waals surface area contributed by atoms with Gasteiger partial charge in [0.05, 0.1) is 23.8 Å². The highest BCUT2D eigenvalue weighted by atomic mass is 32.2. The maximum Gasteiger partial charge on any atom is 0.238 e. The number of sulfonamides is 1. The minimum atomic E-state index is -3.82. The smallest absolute Gasteiger partial charge is 0.238 e. The molecule has 0 bridgehead atoms. The Bertz CT molecular complexity index is 1280. The number of rotatable bonds is 4. The molecule has 1 aromatic heterocycles. The van der Waals surface area contributed by atoms with Gasteiger partial charge in [-0.05, 0) is 36.8 Å². The number of phenolic OH excluding ortho intramolecular Hbond substituents is 1. The summed E-state index contributed by atoms with van der Waals surface area (Å²) in [5, 5.41) is 15.4. The number of ether oxygens (including phenoxy) is 1. The maximum atomic E-state index is 11.9. The Balaban J connectivity index is 1.65. The fraction of sp³-hybridized carbons (Fsp3) is 0.273. The summed E-state index contributed by atoms with van der Waals surface area (Å²) in [5.74, 6) is 1.48. The Morgan fingerprint density at radius 3 is 2.53 bits per heavy atom. The number of nitrogens with two attached hydrogens (primary N) is 1. The molecule has 10 heteroatoms. The number of hydrogen-bond acceptors (Lipinski definition) is 8. The van der Waals surface area contributed by atoms with Crippen molar-refractivity contribution >= 4 is 27.5 Å². The van der Waals surface area contributed by atoms with Gasteiger partial charge in [-0.25, -0.2) is 18.5 Å². The summed E-state index contributed by atoms with van der Waals surface area (Å²) in [6.07, 6.45) is 0.684. The SMILES string of the molecule is NS(=O)(=O)c1cccc(N2CCc3c(-c4cccc(O)c4)nc(N4CCOCC4)nc32)c1. The van der Waals surface area contributed by atoms with Crippen LogP contribution < -0.4 is 14.9 Å². The number of aromatic nitrogens is 2. The average Bonchev–Trinajstić information content (AvgIpc) is 3.23. The minimum absolute atomic E-state index is 0.0547. The molecule has 32 heavy (non-hydrogen) atoms. The summed E-state index contributed by atoms with van der Waals surface area (Å²) in [6.45, 7) is 3.18. The van der Waals surface area contributed by atoms with Gasteiger partial charge in [0.15, 0.2) is 0 Å². The molecule has 0 spiro atoms. The van der Waals surface area contributed by atoms with E-state index in [4.69, 9.17) is 19.8 Å². The molecule has 3 N–H and O–H groups in total. The third kappa shape index (κ3) is 3.88. The van der Waals surface area contributed by atoms with Crippen molar-refractivity contribution in [3.8, 4) is 17.0 Å². The number of fused-ring (bicyclic) bond motifs is 1. The number of hydrogen-bond donors (Lipinski definition) is 2. The topological polar surface area (TPSA) is 122 Å². The molecule has 0 amide bonds. The zero-order valence-corrected chi connectivity index (χ0v) is 18.1. The molecule has 166 valence electrons. The predicted octanol–water partition coefficient (Wildman–Crippen LogP) is 2.03. The molecule has 0 unspecified atom stereocenters. The van der Waals surface area contributed by atoms with Crippen LogP contribution in [0.1, 0.15) is 5.56 Å². The van der Waals surface area contributed by atoms with E-state index in [2.05, 4.69) is 4.90 Å². The molecule has 5 rings (SSSR count). The zero-order chi connectivity index (χ0) is 22.3. The van der Waals surface area contributed by atoms with Crippen molar-refractivity contribution in [1.82, 2.24) is 9.97 Å². The summed E-state index contributed by atoms with van der Waals surface area (Å²) in [7, 11) is -3.82. The highest BCUT2D eigenvalue weighted by Gasteiger charge is 2.29. The first-order valence-corrected chi connectivity index (χ1v) is 11.9. The molecule has 9 nitrogen and oxygen atoms in total. The van der Waals surface area contributed by atoms with Gasteiger partial charge in [0.25, 0.3) is 0 Å². The summed E-state index contributed by atoms with van der Waals surface area (Å²) < 4.78 is 29.2. The van der Waals surface area contributed by atoms with E-state index in [0.29, 0.717) is 50.9 Å². The van der Waals surface area contributed by atoms with Crippen LogP contribution in [-0.2, 0) is 21.2 Å². The number of aromatic hydroxyl groups is 1. The van der Waals surface area contributed by atoms with Crippen LogP contribution in [-0.4, -0.2) is 56.3 Å². The Kier molecular flexibility index (Phi) is 5.20. The number of nitrogens with zero attached hydrogens (tertiary/aromatic N) is 4. The van der Waals surface area contributed by atoms with Gasteiger partial charge in [-0.2, -0.15) is 4.98 Å². The third-order valence-electron chi connectivity index (χ3n) is 5.69. The molecular formula is C22H23N5O4S. The summed E-state index contributed by atoms with van der Waals surface area (Å²) in [5.41, 5.74) is 3.22. The second-order valence-corrected chi connectivity index (χ2v) is 9.33. The highest BCUT2D eigenvalue weighted by molar-refractivity contribution is 7.89. The minimum Gasteiger partial charge on any atom is -0.508 e. The van der Waals surface area contributed by atoms with Crippen molar-refractivity contribution in [3.63, 3.8) is 0 Å². The summed E-state index contributed by atoms with van der Waals surface area (Å²) >= 11 is 0. The summed E-state index contributed by atoms with van der Waals surface area (Å²) in [6, 6.07) is 13.6. The lowest BCUT2D eigenvalue weighted by atomic mass is 10.1. The molecule has 0 atom stereocenters. The van der Waals surface area contributed by atoms with Gasteiger partial charge < -0.3 is 19.6 Å². The highest BCUT2D eigenvalue weighted by Crippen LogP contribution is 2.40. The van der Waals surface area contributed by atoms with Gasteiger partial charge in [0, 0.05) is 36.4 Å². The Morgan fingerprint density at radius 2 is 1.78 bits per heavy atom. The molecule has 2 aliphatic rings. The second-order valence-electron chi connectivity index (χ2n) is 7.77. The first kappa shape index (κ1) is 20.7. The normalized spacial score (nSPS) is 16.3. The van der Waals surface area contributed by atoms with Gasteiger partial charge in [-0.3, -0.25) is 0 Å². The molecular weight excluding hydrogens is 430 g/mol. The van der Waals surface area contributed by atoms with Gasteiger partial charge in [-0.1, -0.05) is 18.2 Å². The Labute approximate surface area is 186 Å². The molecule has 0 saturated carbocycles. The predicted molar refractivity (Wildman–Crippen MR) is 121 cm³/mol. The molecule has 3 aromatic rings. The van der Waals surface area contributed by atoms with Gasteiger partial charge in [0.1, 0.15) is 11.6 Å². The molecule has 0 radical (unpaired) electrons. The van der Waals surface area contributed by atoms with Gasteiger partial charge in [-0.15, -0.1) is 0 Å². The van der Waals surface area contributed by atoms with E-state index in [1.807, 2.05) is 17.0 Å². The first-order valence-electron chi connectivity index (χ1n) is 10.3. The molecule has 2 aromatic carbocycles. The number of phenols is 1. The molecule has 3 heterocycles. The van der Waals surface area contributed by atoms with Crippen molar-refractivity contribution in [1.29, 1.82) is 0 Å². The molecule has 2 aliphatic heterocycles. The average molecular weight is 454 g/mol. The second kappa shape index (κ2) is 8.05. The van der Waals surface area contributed by atoms with E-state index < -0.39 is 10.0 Å². The Morgan fingerprint density at radius 1 is 1.00 bits per heavy atom. The Hall–Kier alpha value is -3.21. The lowest BCUT2D eigenvalue weighted by Gasteiger charge is -2.28. The van der Waals surface area contributed by atoms with Crippen LogP contribution in [0, 0.1) is 0 Å². The summed E-state index contributed by atoms with van der Waals surface area (Å²) in [4.78, 5) is 13.9. The van der Waals surface area contributed by atoms with Crippen LogP contribution >= 0.6 is 0 Å². The number of benzene rings is 2. The van der Waals surface area contributed by atoms with Gasteiger partial charge >= 0.3 is 0 Å². The molecule has 1 fully saturated rings. The van der Waals surface area contributed by atoms with Crippen LogP contribution in [0.25, 0.3) is 11.3 Å². The monoisotopic (exact) mass is 453 g/mol. The van der Waals surface area contributed by atoms with E-state index in [1.54, 1.807) is 30.3 Å². The van der Waals surface area contributed by atoms with Crippen LogP contribution in [0.4, 0.5) is 17.5 Å². The van der Waals surface area contributed by atoms with Crippen LogP contribution in [0.15, 0.2) is 53.4 Å². The largest absolute Gasteiger partial charge is 0.508 e. The van der Waals surface area contributed by atoms with Crippen LogP contribution in [0.3, 0.4) is 0 Å². The standard InChI is InChI=1S/C22H23N5O4S/c23-32(29,30)18-6-2-4-16(14-18)27-8-7-19-20(15-3-1-5-17(28)13-15)24-22(25-21(19)27)26-9-11-31-12-10-26/h1-6,13-14,28H,7-12H2,(H2,23,29,30). The lowest BCUT2D eigenvalue weighted by Crippen LogP contribution is -2.37. The van der Waals surface area contributed by atoms with Crippen LogP contribution in [0.5, 0.6) is 5.75 Å². The van der Waals surface area contributed by atoms with E-state index in [0.717, 1.165) is 22.6 Å². The van der Waals surface area contributed by atoms with Crippen molar-refractivity contribution in [2.45, 2.75) is 11.3 Å². The van der Waals surface area contributed by atoms with E-state index in [-0.39, 0.29) is 10.6 Å². The van der Waals surface area contributed by atoms with Crippen LogP contribution in [0.2, 0.25) is 0 Å². The lowest BCUT2D eigenvalue weighted by molar-refractivity contribution is 0.122. The van der Waals surface area contributed by atoms with Crippen molar-refractivity contribution in [3.05, 3.63) is 54.1 Å². The first-order chi connectivity index (χ1) is 15.4. The van der Waals surface area contributed by atoms with Crippen molar-refractivity contribution in [2.75, 3.05) is 42.6 Å². The number of anilines is 3. The maximum absolute atomic E-state index is 11.9. The third-order valence-corrected chi connectivity index (χ3v) is 6.60. The molecule has 0 aliphatic carbocycles. The fourth-order valence-electron chi connectivity index (χ4n) is 4.12. The fourth-order valence-corrected chi connectivity index (χ4v) is 4.67. The zero-order valence-electron chi connectivity index (χ0n) is 17.3. The van der Waals surface area contributed by atoms with E-state index in [1.165, 1.54) is 6.07 Å². The number of primary sulfonamides is 1. The van der Waals surface area contributed by atoms with Gasteiger partial charge in [0.2, 0.25) is 16.0 Å². The van der Waals surface area contributed by atoms with Crippen molar-refractivity contribution < 1.29 is 18.3 Å². The molecule has 1 saturated heterocycles. The van der Waals surface area contributed by atoms with E-state index in [9.17, 15) is 13.5 Å². The quantitative estimate of drug-likeness (QED) is 0.615. The van der Waals surface area contributed by atoms with Crippen molar-refractivity contribution in [2.24, 2.45) is 5.14 Å². The number of morpholine rings is 1.